The number of methoxy groups -OCH3 is 1. The number of aryl methyl sites for hydroxylation is 1. The first kappa shape index (κ1) is 14.9. The Labute approximate surface area is 124 Å². The zero-order valence-corrected chi connectivity index (χ0v) is 12.4. The summed E-state index contributed by atoms with van der Waals surface area (Å²) < 4.78 is 10.8. The summed E-state index contributed by atoms with van der Waals surface area (Å²) in [4.78, 5) is 12.1. The lowest BCUT2D eigenvalue weighted by Gasteiger charge is -2.15. The first-order chi connectivity index (χ1) is 10.1. The Kier molecular flexibility index (Phi) is 4.82. The van der Waals surface area contributed by atoms with Crippen molar-refractivity contribution in [2.45, 2.75) is 20.0 Å². The molecule has 0 saturated heterocycles. The summed E-state index contributed by atoms with van der Waals surface area (Å²) in [5, 5.41) is 2.81. The van der Waals surface area contributed by atoms with E-state index in [0.717, 1.165) is 5.56 Å². The highest BCUT2D eigenvalue weighted by Crippen LogP contribution is 2.18. The van der Waals surface area contributed by atoms with E-state index in [0.29, 0.717) is 17.2 Å². The molecule has 0 unspecified atom stereocenters. The van der Waals surface area contributed by atoms with Gasteiger partial charge in [-0.2, -0.15) is 0 Å². The summed E-state index contributed by atoms with van der Waals surface area (Å²) in [6, 6.07) is 14.8. The number of hydrogen-bond donors (Lipinski definition) is 1. The first-order valence-electron chi connectivity index (χ1n) is 6.77. The summed E-state index contributed by atoms with van der Waals surface area (Å²) in [6.07, 6.45) is -0.585. The Morgan fingerprint density at radius 3 is 2.52 bits per heavy atom. The van der Waals surface area contributed by atoms with E-state index >= 15 is 0 Å². The predicted octanol–water partition coefficient (Wildman–Crippen LogP) is 3.41. The molecule has 2 aromatic rings. The number of carbonyl (C=O) groups excluding carboxylic acids is 1. The molecular formula is C17H19NO3. The maximum absolute atomic E-state index is 12.1. The number of amides is 1. The Morgan fingerprint density at radius 1 is 1.10 bits per heavy atom. The van der Waals surface area contributed by atoms with Gasteiger partial charge >= 0.3 is 0 Å². The van der Waals surface area contributed by atoms with Crippen molar-refractivity contribution in [2.75, 3.05) is 12.4 Å². The average Bonchev–Trinajstić information content (AvgIpc) is 2.47. The molecule has 0 radical (unpaired) electrons. The second-order valence-electron chi connectivity index (χ2n) is 4.80. The zero-order chi connectivity index (χ0) is 15.2. The van der Waals surface area contributed by atoms with Gasteiger partial charge in [0.1, 0.15) is 11.5 Å². The summed E-state index contributed by atoms with van der Waals surface area (Å²) in [7, 11) is 1.59. The largest absolute Gasteiger partial charge is 0.497 e. The molecule has 4 heteroatoms. The Hall–Kier alpha value is -2.49. The van der Waals surface area contributed by atoms with Gasteiger partial charge in [0.15, 0.2) is 6.10 Å². The van der Waals surface area contributed by atoms with Crippen molar-refractivity contribution in [1.82, 2.24) is 0 Å². The van der Waals surface area contributed by atoms with E-state index in [9.17, 15) is 4.79 Å². The predicted molar refractivity (Wildman–Crippen MR) is 82.9 cm³/mol. The van der Waals surface area contributed by atoms with Gasteiger partial charge in [-0.25, -0.2) is 0 Å². The van der Waals surface area contributed by atoms with Crippen LogP contribution in [0.15, 0.2) is 48.5 Å². The quantitative estimate of drug-likeness (QED) is 0.915. The molecule has 2 aromatic carbocycles. The number of rotatable bonds is 5. The van der Waals surface area contributed by atoms with Crippen LogP contribution in [0.2, 0.25) is 0 Å². The van der Waals surface area contributed by atoms with Crippen LogP contribution in [0.3, 0.4) is 0 Å². The van der Waals surface area contributed by atoms with Crippen molar-refractivity contribution in [3.63, 3.8) is 0 Å². The van der Waals surface area contributed by atoms with Gasteiger partial charge < -0.3 is 14.8 Å². The fourth-order valence-electron chi connectivity index (χ4n) is 1.89. The summed E-state index contributed by atoms with van der Waals surface area (Å²) in [6.45, 7) is 3.70. The van der Waals surface area contributed by atoms with Crippen molar-refractivity contribution >= 4 is 11.6 Å². The van der Waals surface area contributed by atoms with E-state index in [1.165, 1.54) is 0 Å². The van der Waals surface area contributed by atoms with Gasteiger partial charge in [0.05, 0.1) is 7.11 Å². The molecule has 1 N–H and O–H groups in total. The Balaban J connectivity index is 1.99. The molecule has 0 aromatic heterocycles. The third-order valence-corrected chi connectivity index (χ3v) is 3.01. The van der Waals surface area contributed by atoms with Crippen LogP contribution in [0.5, 0.6) is 11.5 Å². The number of anilines is 1. The van der Waals surface area contributed by atoms with Gasteiger partial charge in [0, 0.05) is 11.8 Å². The molecule has 0 aliphatic carbocycles. The lowest BCUT2D eigenvalue weighted by Crippen LogP contribution is -2.30. The summed E-state index contributed by atoms with van der Waals surface area (Å²) in [5.74, 6) is 1.17. The molecule has 0 spiro atoms. The lowest BCUT2D eigenvalue weighted by atomic mass is 10.2. The minimum Gasteiger partial charge on any atom is -0.497 e. The molecule has 110 valence electrons. The molecule has 0 aliphatic heterocycles. The van der Waals surface area contributed by atoms with Crippen LogP contribution in [0, 0.1) is 6.92 Å². The van der Waals surface area contributed by atoms with Crippen molar-refractivity contribution in [3.05, 3.63) is 54.1 Å². The second kappa shape index (κ2) is 6.79. The van der Waals surface area contributed by atoms with E-state index in [1.54, 1.807) is 26.2 Å². The number of benzene rings is 2. The lowest BCUT2D eigenvalue weighted by molar-refractivity contribution is -0.122. The van der Waals surface area contributed by atoms with Gasteiger partial charge in [-0.3, -0.25) is 4.79 Å². The normalized spacial score (nSPS) is 11.6. The topological polar surface area (TPSA) is 47.6 Å². The van der Waals surface area contributed by atoms with Crippen molar-refractivity contribution in [3.8, 4) is 11.5 Å². The van der Waals surface area contributed by atoms with Crippen molar-refractivity contribution in [2.24, 2.45) is 0 Å². The molecule has 21 heavy (non-hydrogen) atoms. The van der Waals surface area contributed by atoms with Crippen LogP contribution in [0.1, 0.15) is 12.5 Å². The van der Waals surface area contributed by atoms with Gasteiger partial charge in [-0.1, -0.05) is 18.2 Å². The van der Waals surface area contributed by atoms with Gasteiger partial charge in [0.2, 0.25) is 0 Å². The number of hydrogen-bond acceptors (Lipinski definition) is 3. The SMILES string of the molecule is COc1cccc(NC(=O)[C@@H](C)Oc2cccc(C)c2)c1. The van der Waals surface area contributed by atoms with Gasteiger partial charge in [-0.15, -0.1) is 0 Å². The van der Waals surface area contributed by atoms with E-state index in [-0.39, 0.29) is 5.91 Å². The number of nitrogens with one attached hydrogen (secondary N) is 1. The minimum absolute atomic E-state index is 0.204. The maximum Gasteiger partial charge on any atom is 0.265 e. The van der Waals surface area contributed by atoms with E-state index in [2.05, 4.69) is 5.32 Å². The van der Waals surface area contributed by atoms with Gasteiger partial charge in [0.25, 0.3) is 5.91 Å². The first-order valence-corrected chi connectivity index (χ1v) is 6.77. The van der Waals surface area contributed by atoms with Crippen molar-refractivity contribution in [1.29, 1.82) is 0 Å². The molecule has 2 rings (SSSR count). The van der Waals surface area contributed by atoms with Crippen LogP contribution in [0.4, 0.5) is 5.69 Å². The molecule has 0 bridgehead atoms. The molecular weight excluding hydrogens is 266 g/mol. The molecule has 1 amide bonds. The minimum atomic E-state index is -0.585. The van der Waals surface area contributed by atoms with E-state index < -0.39 is 6.10 Å². The van der Waals surface area contributed by atoms with E-state index in [1.807, 2.05) is 43.3 Å². The van der Waals surface area contributed by atoms with E-state index in [4.69, 9.17) is 9.47 Å². The van der Waals surface area contributed by atoms with Crippen molar-refractivity contribution < 1.29 is 14.3 Å². The highest BCUT2D eigenvalue weighted by Gasteiger charge is 2.15. The Bertz CT molecular complexity index is 625. The van der Waals surface area contributed by atoms with Crippen LogP contribution >= 0.6 is 0 Å². The Morgan fingerprint density at radius 2 is 1.81 bits per heavy atom. The highest BCUT2D eigenvalue weighted by molar-refractivity contribution is 5.94. The fraction of sp³-hybridized carbons (Fsp3) is 0.235. The van der Waals surface area contributed by atoms with Crippen LogP contribution < -0.4 is 14.8 Å². The van der Waals surface area contributed by atoms with Crippen LogP contribution in [-0.2, 0) is 4.79 Å². The molecule has 0 aliphatic rings. The fourth-order valence-corrected chi connectivity index (χ4v) is 1.89. The van der Waals surface area contributed by atoms with Gasteiger partial charge in [-0.05, 0) is 43.7 Å². The maximum atomic E-state index is 12.1. The van der Waals surface area contributed by atoms with Crippen LogP contribution in [-0.4, -0.2) is 19.1 Å². The van der Waals surface area contributed by atoms with Crippen LogP contribution in [0.25, 0.3) is 0 Å². The molecule has 1 atom stereocenters. The summed E-state index contributed by atoms with van der Waals surface area (Å²) >= 11 is 0. The number of ether oxygens (including phenoxy) is 2. The average molecular weight is 285 g/mol. The zero-order valence-electron chi connectivity index (χ0n) is 12.4. The smallest absolute Gasteiger partial charge is 0.265 e. The molecule has 0 heterocycles. The molecule has 4 nitrogen and oxygen atoms in total. The monoisotopic (exact) mass is 285 g/mol. The summed E-state index contributed by atoms with van der Waals surface area (Å²) in [5.41, 5.74) is 1.77. The second-order valence-corrected chi connectivity index (χ2v) is 4.80. The number of carbonyl (C=O) groups is 1. The molecule has 0 saturated carbocycles. The third-order valence-electron chi connectivity index (χ3n) is 3.01. The third kappa shape index (κ3) is 4.24. The standard InChI is InChI=1S/C17H19NO3/c1-12-6-4-9-16(10-12)21-13(2)17(19)18-14-7-5-8-15(11-14)20-3/h4-11,13H,1-3H3,(H,18,19)/t13-/m1/s1. The molecule has 0 fully saturated rings. The highest BCUT2D eigenvalue weighted by atomic mass is 16.5.